The minimum atomic E-state index is -0.597. The molecule has 144 valence electrons. The molecule has 0 radical (unpaired) electrons. The van der Waals surface area contributed by atoms with Crippen LogP contribution in [0.25, 0.3) is 0 Å². The summed E-state index contributed by atoms with van der Waals surface area (Å²) in [5.41, 5.74) is 1.80. The molecule has 0 saturated carbocycles. The van der Waals surface area contributed by atoms with Crippen LogP contribution < -0.4 is 9.64 Å². The Morgan fingerprint density at radius 1 is 0.862 bits per heavy atom. The summed E-state index contributed by atoms with van der Waals surface area (Å²) in [5.74, 6) is -1.64. The number of amides is 2. The molecule has 0 saturated heterocycles. The van der Waals surface area contributed by atoms with Crippen LogP contribution in [0.1, 0.15) is 36.6 Å². The largest absolute Gasteiger partial charge is 0.421 e. The van der Waals surface area contributed by atoms with Crippen LogP contribution in [-0.2, 0) is 0 Å². The van der Waals surface area contributed by atoms with Crippen LogP contribution in [0.5, 0.6) is 5.75 Å². The number of anilines is 1. The highest BCUT2D eigenvalue weighted by atomic mass is 35.5. The zero-order chi connectivity index (χ0) is 20.7. The third-order valence-corrected chi connectivity index (χ3v) is 5.25. The Balaban J connectivity index is 1.70. The highest BCUT2D eigenvalue weighted by Crippen LogP contribution is 2.37. The standard InChI is InChI=1S/C22H13Cl2NO4/c1-12-6-8-13(9-7-12)22(28)29-19-5-3-2-4-18(19)25-20(26)14-10-16(23)17(24)11-15(14)21(25)27/h2-11H,1H3. The number of fused-ring (bicyclic) bond motifs is 1. The van der Waals surface area contributed by atoms with E-state index in [2.05, 4.69) is 0 Å². The predicted octanol–water partition coefficient (Wildman–Crippen LogP) is 5.32. The van der Waals surface area contributed by atoms with E-state index in [0.29, 0.717) is 5.56 Å². The molecule has 0 fully saturated rings. The topological polar surface area (TPSA) is 63.7 Å². The first kappa shape index (κ1) is 19.2. The summed E-state index contributed by atoms with van der Waals surface area (Å²) < 4.78 is 5.49. The third-order valence-electron chi connectivity index (χ3n) is 4.52. The van der Waals surface area contributed by atoms with Gasteiger partial charge in [0, 0.05) is 0 Å². The lowest BCUT2D eigenvalue weighted by Crippen LogP contribution is -2.30. The van der Waals surface area contributed by atoms with Crippen molar-refractivity contribution >= 4 is 46.7 Å². The van der Waals surface area contributed by atoms with Gasteiger partial charge in [0.15, 0.2) is 5.75 Å². The number of hydrogen-bond donors (Lipinski definition) is 0. The Labute approximate surface area is 176 Å². The van der Waals surface area contributed by atoms with Crippen molar-refractivity contribution in [1.82, 2.24) is 0 Å². The van der Waals surface area contributed by atoms with Crippen molar-refractivity contribution in [1.29, 1.82) is 0 Å². The number of benzene rings is 3. The normalized spacial score (nSPS) is 12.9. The fraction of sp³-hybridized carbons (Fsp3) is 0.0455. The summed E-state index contributed by atoms with van der Waals surface area (Å²) in [7, 11) is 0. The Bertz CT molecular complexity index is 1130. The molecule has 7 heteroatoms. The van der Waals surface area contributed by atoms with Crippen LogP contribution in [-0.4, -0.2) is 17.8 Å². The van der Waals surface area contributed by atoms with E-state index in [0.717, 1.165) is 10.5 Å². The first-order valence-corrected chi connectivity index (χ1v) is 9.38. The summed E-state index contributed by atoms with van der Waals surface area (Å²) >= 11 is 12.0. The van der Waals surface area contributed by atoms with E-state index in [1.165, 1.54) is 24.3 Å². The lowest BCUT2D eigenvalue weighted by atomic mass is 10.1. The quantitative estimate of drug-likeness (QED) is 0.323. The molecular formula is C22H13Cl2NO4. The van der Waals surface area contributed by atoms with Crippen molar-refractivity contribution in [3.63, 3.8) is 0 Å². The van der Waals surface area contributed by atoms with Crippen LogP contribution in [0.2, 0.25) is 10.0 Å². The van der Waals surface area contributed by atoms with Gasteiger partial charge in [-0.3, -0.25) is 9.59 Å². The average Bonchev–Trinajstić information content (AvgIpc) is 2.93. The highest BCUT2D eigenvalue weighted by molar-refractivity contribution is 6.44. The third kappa shape index (κ3) is 3.39. The maximum absolute atomic E-state index is 12.9. The molecule has 3 aromatic rings. The SMILES string of the molecule is Cc1ccc(C(=O)Oc2ccccc2N2C(=O)c3cc(Cl)c(Cl)cc3C2=O)cc1. The molecule has 0 atom stereocenters. The van der Waals surface area contributed by atoms with Gasteiger partial charge in [0.2, 0.25) is 0 Å². The number of ether oxygens (including phenoxy) is 1. The maximum atomic E-state index is 12.9. The van der Waals surface area contributed by atoms with E-state index in [4.69, 9.17) is 27.9 Å². The Kier molecular flexibility index (Phi) is 4.86. The van der Waals surface area contributed by atoms with Crippen molar-refractivity contribution in [3.8, 4) is 5.75 Å². The van der Waals surface area contributed by atoms with Crippen molar-refractivity contribution in [2.45, 2.75) is 6.92 Å². The minimum Gasteiger partial charge on any atom is -0.421 e. The fourth-order valence-electron chi connectivity index (χ4n) is 3.03. The molecule has 2 amide bonds. The summed E-state index contributed by atoms with van der Waals surface area (Å²) in [4.78, 5) is 39.2. The number of nitrogens with zero attached hydrogens (tertiary/aromatic N) is 1. The van der Waals surface area contributed by atoms with Crippen LogP contribution in [0.4, 0.5) is 5.69 Å². The van der Waals surface area contributed by atoms with Crippen molar-refractivity contribution < 1.29 is 19.1 Å². The van der Waals surface area contributed by atoms with Gasteiger partial charge >= 0.3 is 5.97 Å². The van der Waals surface area contributed by atoms with Gasteiger partial charge in [-0.05, 0) is 43.3 Å². The molecule has 0 aromatic heterocycles. The summed E-state index contributed by atoms with van der Waals surface area (Å²) in [6, 6.07) is 15.9. The van der Waals surface area contributed by atoms with Crippen LogP contribution in [0, 0.1) is 6.92 Å². The maximum Gasteiger partial charge on any atom is 0.343 e. The molecular weight excluding hydrogens is 413 g/mol. The van der Waals surface area contributed by atoms with Crippen molar-refractivity contribution in [2.75, 3.05) is 4.90 Å². The Morgan fingerprint density at radius 3 is 2.00 bits per heavy atom. The van der Waals surface area contributed by atoms with E-state index in [1.54, 1.807) is 36.4 Å². The van der Waals surface area contributed by atoms with E-state index < -0.39 is 17.8 Å². The minimum absolute atomic E-state index is 0.0878. The highest BCUT2D eigenvalue weighted by Gasteiger charge is 2.39. The van der Waals surface area contributed by atoms with Crippen molar-refractivity contribution in [2.24, 2.45) is 0 Å². The molecule has 1 aliphatic heterocycles. The number of rotatable bonds is 3. The van der Waals surface area contributed by atoms with Crippen LogP contribution in [0.3, 0.4) is 0 Å². The summed E-state index contributed by atoms with van der Waals surface area (Å²) in [5, 5.41) is 0.347. The van der Waals surface area contributed by atoms with E-state index >= 15 is 0 Å². The Morgan fingerprint density at radius 2 is 1.41 bits per heavy atom. The molecule has 0 spiro atoms. The van der Waals surface area contributed by atoms with Gasteiger partial charge in [-0.2, -0.15) is 0 Å². The molecule has 0 unspecified atom stereocenters. The molecule has 0 N–H and O–H groups in total. The number of aryl methyl sites for hydroxylation is 1. The average molecular weight is 426 g/mol. The predicted molar refractivity (Wildman–Crippen MR) is 110 cm³/mol. The monoisotopic (exact) mass is 425 g/mol. The number of esters is 1. The second kappa shape index (κ2) is 7.35. The molecule has 0 bridgehead atoms. The van der Waals surface area contributed by atoms with Gasteiger partial charge in [0.05, 0.1) is 32.4 Å². The van der Waals surface area contributed by atoms with E-state index in [-0.39, 0.29) is 32.6 Å². The zero-order valence-corrected chi connectivity index (χ0v) is 16.6. The fourth-order valence-corrected chi connectivity index (χ4v) is 3.36. The van der Waals surface area contributed by atoms with Gasteiger partial charge in [0.25, 0.3) is 11.8 Å². The number of carbonyl (C=O) groups is 3. The second-order valence-corrected chi connectivity index (χ2v) is 7.30. The number of halogens is 2. The molecule has 5 nitrogen and oxygen atoms in total. The van der Waals surface area contributed by atoms with Gasteiger partial charge in [-0.15, -0.1) is 0 Å². The number of hydrogen-bond acceptors (Lipinski definition) is 4. The van der Waals surface area contributed by atoms with Crippen molar-refractivity contribution in [3.05, 3.63) is 93.0 Å². The van der Waals surface area contributed by atoms with Gasteiger partial charge < -0.3 is 4.74 Å². The number of carbonyl (C=O) groups excluding carboxylic acids is 3. The first-order chi connectivity index (χ1) is 13.9. The molecule has 0 aliphatic carbocycles. The smallest absolute Gasteiger partial charge is 0.343 e. The zero-order valence-electron chi connectivity index (χ0n) is 15.1. The van der Waals surface area contributed by atoms with E-state index in [1.807, 2.05) is 6.92 Å². The molecule has 29 heavy (non-hydrogen) atoms. The molecule has 1 heterocycles. The lowest BCUT2D eigenvalue weighted by Gasteiger charge is -2.17. The molecule has 1 aliphatic rings. The van der Waals surface area contributed by atoms with Crippen LogP contribution in [0.15, 0.2) is 60.7 Å². The number of imide groups is 1. The summed E-state index contributed by atoms with van der Waals surface area (Å²) in [6.07, 6.45) is 0. The lowest BCUT2D eigenvalue weighted by molar-refractivity contribution is 0.0731. The Hall–Kier alpha value is -3.15. The molecule has 4 rings (SSSR count). The van der Waals surface area contributed by atoms with Gasteiger partial charge in [0.1, 0.15) is 0 Å². The molecule has 3 aromatic carbocycles. The van der Waals surface area contributed by atoms with Gasteiger partial charge in [-0.25, -0.2) is 9.69 Å². The second-order valence-electron chi connectivity index (χ2n) is 6.48. The number of para-hydroxylation sites is 2. The first-order valence-electron chi connectivity index (χ1n) is 8.62. The van der Waals surface area contributed by atoms with Crippen LogP contribution >= 0.6 is 23.2 Å². The van der Waals surface area contributed by atoms with Gasteiger partial charge in [-0.1, -0.05) is 53.0 Å². The van der Waals surface area contributed by atoms with E-state index in [9.17, 15) is 14.4 Å². The summed E-state index contributed by atoms with van der Waals surface area (Å²) in [6.45, 7) is 1.91.